The molecule has 7 nitrogen and oxygen atoms in total. The van der Waals surface area contributed by atoms with Gasteiger partial charge in [-0.3, -0.25) is 9.79 Å². The molecule has 27 heavy (non-hydrogen) atoms. The van der Waals surface area contributed by atoms with Gasteiger partial charge in [0, 0.05) is 51.4 Å². The summed E-state index contributed by atoms with van der Waals surface area (Å²) in [5.41, 5.74) is 0.666. The highest BCUT2D eigenvalue weighted by molar-refractivity contribution is 14.0. The second kappa shape index (κ2) is 14.6. The van der Waals surface area contributed by atoms with Crippen LogP contribution in [0, 0.1) is 5.92 Å². The number of nitrogens with zero attached hydrogens (tertiary/aromatic N) is 1. The molecule has 0 aromatic heterocycles. The molecule has 1 aliphatic heterocycles. The molecule has 1 saturated heterocycles. The lowest BCUT2D eigenvalue weighted by atomic mass is 10.1. The van der Waals surface area contributed by atoms with Crippen molar-refractivity contribution in [3.8, 4) is 0 Å². The van der Waals surface area contributed by atoms with Crippen LogP contribution in [0.15, 0.2) is 35.3 Å². The summed E-state index contributed by atoms with van der Waals surface area (Å²) >= 11 is 0. The van der Waals surface area contributed by atoms with Gasteiger partial charge in [-0.15, -0.1) is 24.0 Å². The normalized spacial score (nSPS) is 16.5. The molecule has 8 heteroatoms. The molecule has 0 spiro atoms. The lowest BCUT2D eigenvalue weighted by molar-refractivity contribution is 0.0887. The van der Waals surface area contributed by atoms with Gasteiger partial charge in [-0.1, -0.05) is 18.2 Å². The summed E-state index contributed by atoms with van der Waals surface area (Å²) in [6.07, 6.45) is 2.02. The molecule has 152 valence electrons. The molecule has 1 unspecified atom stereocenters. The van der Waals surface area contributed by atoms with E-state index < -0.39 is 0 Å². The number of amides is 1. The maximum atomic E-state index is 11.9. The van der Waals surface area contributed by atoms with Crippen LogP contribution in [-0.4, -0.2) is 65.0 Å². The van der Waals surface area contributed by atoms with Crippen molar-refractivity contribution < 1.29 is 14.3 Å². The van der Waals surface area contributed by atoms with Crippen molar-refractivity contribution in [3.63, 3.8) is 0 Å². The summed E-state index contributed by atoms with van der Waals surface area (Å²) in [5, 5.41) is 9.29. The zero-order valence-electron chi connectivity index (χ0n) is 15.9. The SMILES string of the molecule is CN=C(NCCCOCC1CCOC1)NCCNC(=O)c1ccccc1.I. The molecule has 2 rings (SSSR count). The summed E-state index contributed by atoms with van der Waals surface area (Å²) in [6, 6.07) is 9.19. The van der Waals surface area contributed by atoms with Gasteiger partial charge in [0.05, 0.1) is 13.2 Å². The lowest BCUT2D eigenvalue weighted by Gasteiger charge is -2.13. The number of nitrogens with one attached hydrogen (secondary N) is 3. The highest BCUT2D eigenvalue weighted by Crippen LogP contribution is 2.12. The molecular weight excluding hydrogens is 459 g/mol. The van der Waals surface area contributed by atoms with Crippen LogP contribution in [0.1, 0.15) is 23.2 Å². The van der Waals surface area contributed by atoms with Crippen LogP contribution < -0.4 is 16.0 Å². The number of carbonyl (C=O) groups is 1. The molecular formula is C19H31IN4O3. The van der Waals surface area contributed by atoms with Crippen LogP contribution in [-0.2, 0) is 9.47 Å². The molecule has 1 heterocycles. The van der Waals surface area contributed by atoms with Gasteiger partial charge in [0.25, 0.3) is 5.91 Å². The summed E-state index contributed by atoms with van der Waals surface area (Å²) in [7, 11) is 1.73. The topological polar surface area (TPSA) is 84.0 Å². The van der Waals surface area contributed by atoms with E-state index in [1.54, 1.807) is 19.2 Å². The molecule has 3 N–H and O–H groups in total. The zero-order valence-corrected chi connectivity index (χ0v) is 18.2. The quantitative estimate of drug-likeness (QED) is 0.201. The molecule has 1 atom stereocenters. The Bertz CT molecular complexity index is 551. The predicted molar refractivity (Wildman–Crippen MR) is 118 cm³/mol. The van der Waals surface area contributed by atoms with E-state index in [1.807, 2.05) is 18.2 Å². The Morgan fingerprint density at radius 3 is 2.63 bits per heavy atom. The van der Waals surface area contributed by atoms with Crippen LogP contribution in [0.4, 0.5) is 0 Å². The van der Waals surface area contributed by atoms with Crippen LogP contribution >= 0.6 is 24.0 Å². The first-order valence-corrected chi connectivity index (χ1v) is 9.23. The second-order valence-corrected chi connectivity index (χ2v) is 6.21. The van der Waals surface area contributed by atoms with Gasteiger partial charge in [-0.2, -0.15) is 0 Å². The van der Waals surface area contributed by atoms with Gasteiger partial charge in [0.15, 0.2) is 5.96 Å². The van der Waals surface area contributed by atoms with Crippen molar-refractivity contribution in [1.29, 1.82) is 0 Å². The van der Waals surface area contributed by atoms with Gasteiger partial charge < -0.3 is 25.4 Å². The minimum atomic E-state index is -0.0693. The second-order valence-electron chi connectivity index (χ2n) is 6.21. The molecule has 1 fully saturated rings. The average molecular weight is 490 g/mol. The first-order valence-electron chi connectivity index (χ1n) is 9.23. The van der Waals surface area contributed by atoms with Gasteiger partial charge in [-0.25, -0.2) is 0 Å². The van der Waals surface area contributed by atoms with Crippen molar-refractivity contribution in [1.82, 2.24) is 16.0 Å². The van der Waals surface area contributed by atoms with E-state index >= 15 is 0 Å². The van der Waals surface area contributed by atoms with Gasteiger partial charge in [0.1, 0.15) is 0 Å². The Kier molecular flexibility index (Phi) is 12.8. The van der Waals surface area contributed by atoms with Gasteiger partial charge in [-0.05, 0) is 25.0 Å². The van der Waals surface area contributed by atoms with Crippen molar-refractivity contribution >= 4 is 35.8 Å². The van der Waals surface area contributed by atoms with E-state index in [1.165, 1.54) is 0 Å². The fourth-order valence-corrected chi connectivity index (χ4v) is 2.61. The molecule has 0 aliphatic carbocycles. The summed E-state index contributed by atoms with van der Waals surface area (Å²) in [6.45, 7) is 5.13. The summed E-state index contributed by atoms with van der Waals surface area (Å²) < 4.78 is 11.0. The van der Waals surface area contributed by atoms with E-state index in [-0.39, 0.29) is 29.9 Å². The van der Waals surface area contributed by atoms with Crippen molar-refractivity contribution in [2.45, 2.75) is 12.8 Å². The van der Waals surface area contributed by atoms with Gasteiger partial charge >= 0.3 is 0 Å². The van der Waals surface area contributed by atoms with E-state index in [0.29, 0.717) is 24.6 Å². The number of ether oxygens (including phenoxy) is 2. The van der Waals surface area contributed by atoms with Crippen molar-refractivity contribution in [3.05, 3.63) is 35.9 Å². The highest BCUT2D eigenvalue weighted by Gasteiger charge is 2.15. The van der Waals surface area contributed by atoms with Crippen LogP contribution in [0.2, 0.25) is 0 Å². The Morgan fingerprint density at radius 1 is 1.19 bits per heavy atom. The number of hydrogen-bond donors (Lipinski definition) is 3. The Morgan fingerprint density at radius 2 is 1.93 bits per heavy atom. The fourth-order valence-electron chi connectivity index (χ4n) is 2.61. The standard InChI is InChI=1S/C19H30N4O3.HI/c1-20-19(22-9-5-12-25-14-16-8-13-26-15-16)23-11-10-21-18(24)17-6-3-2-4-7-17;/h2-4,6-7,16H,5,8-15H2,1H3,(H,21,24)(H2,20,22,23);1H. The van der Waals surface area contributed by atoms with Crippen LogP contribution in [0.25, 0.3) is 0 Å². The summed E-state index contributed by atoms with van der Waals surface area (Å²) in [5.74, 6) is 1.21. The number of hydrogen-bond acceptors (Lipinski definition) is 4. The lowest BCUT2D eigenvalue weighted by Crippen LogP contribution is -2.42. The molecule has 1 aromatic rings. The maximum absolute atomic E-state index is 11.9. The third-order valence-electron chi connectivity index (χ3n) is 4.10. The largest absolute Gasteiger partial charge is 0.381 e. The number of rotatable bonds is 10. The fraction of sp³-hybridized carbons (Fsp3) is 0.579. The molecule has 1 aliphatic rings. The van der Waals surface area contributed by atoms with E-state index in [4.69, 9.17) is 9.47 Å². The Balaban J connectivity index is 0.00000364. The first-order chi connectivity index (χ1) is 12.8. The maximum Gasteiger partial charge on any atom is 0.251 e. The minimum absolute atomic E-state index is 0. The van der Waals surface area contributed by atoms with Crippen molar-refractivity contribution in [2.24, 2.45) is 10.9 Å². The smallest absolute Gasteiger partial charge is 0.251 e. The van der Waals surface area contributed by atoms with Crippen LogP contribution in [0.3, 0.4) is 0 Å². The molecule has 0 saturated carbocycles. The number of aliphatic imine (C=N–C) groups is 1. The zero-order chi connectivity index (χ0) is 18.5. The van der Waals surface area contributed by atoms with Gasteiger partial charge in [0.2, 0.25) is 0 Å². The van der Waals surface area contributed by atoms with E-state index in [2.05, 4.69) is 20.9 Å². The highest BCUT2D eigenvalue weighted by atomic mass is 127. The van der Waals surface area contributed by atoms with E-state index in [0.717, 1.165) is 51.8 Å². The Hall–Kier alpha value is -1.39. The number of carbonyl (C=O) groups excluding carboxylic acids is 1. The number of guanidine groups is 1. The van der Waals surface area contributed by atoms with E-state index in [9.17, 15) is 4.79 Å². The number of benzene rings is 1. The first kappa shape index (κ1) is 23.6. The minimum Gasteiger partial charge on any atom is -0.381 e. The monoisotopic (exact) mass is 490 g/mol. The molecule has 1 aromatic carbocycles. The molecule has 0 radical (unpaired) electrons. The predicted octanol–water partition coefficient (Wildman–Crippen LogP) is 1.64. The molecule has 1 amide bonds. The van der Waals surface area contributed by atoms with Crippen molar-refractivity contribution in [2.75, 3.05) is 53.1 Å². The Labute approximate surface area is 178 Å². The molecule has 0 bridgehead atoms. The third-order valence-corrected chi connectivity index (χ3v) is 4.10. The summed E-state index contributed by atoms with van der Waals surface area (Å²) in [4.78, 5) is 16.1. The average Bonchev–Trinajstić information content (AvgIpc) is 3.20. The number of halogens is 1. The third kappa shape index (κ3) is 9.92. The van der Waals surface area contributed by atoms with Crippen LogP contribution in [0.5, 0.6) is 0 Å².